The first-order valence-electron chi connectivity index (χ1n) is 8.27. The highest BCUT2D eigenvalue weighted by Gasteiger charge is 2.28. The maximum absolute atomic E-state index is 12.3. The minimum absolute atomic E-state index is 0.227. The van der Waals surface area contributed by atoms with E-state index in [-0.39, 0.29) is 12.6 Å². The largest absolute Gasteiger partial charge is 0.481 e. The molecule has 134 valence electrons. The number of benzene rings is 1. The van der Waals surface area contributed by atoms with Crippen LogP contribution < -0.4 is 5.32 Å². The fourth-order valence-electron chi connectivity index (χ4n) is 2.88. The molecule has 0 radical (unpaired) electrons. The summed E-state index contributed by atoms with van der Waals surface area (Å²) in [6, 6.07) is 9.12. The average Bonchev–Trinajstić information content (AvgIpc) is 3.09. The SMILES string of the molecule is N#Cc1ccc(Cc2cnc(NC(=O)N3CCCC(C(=O)O)C3)s2)cc1. The number of carbonyl (C=O) groups is 2. The molecule has 2 heterocycles. The summed E-state index contributed by atoms with van der Waals surface area (Å²) >= 11 is 1.39. The van der Waals surface area contributed by atoms with Crippen molar-refractivity contribution >= 4 is 28.5 Å². The van der Waals surface area contributed by atoms with Gasteiger partial charge in [-0.3, -0.25) is 10.1 Å². The molecular formula is C18H18N4O3S. The van der Waals surface area contributed by atoms with Crippen LogP contribution in [0, 0.1) is 17.2 Å². The Morgan fingerprint density at radius 2 is 2.15 bits per heavy atom. The van der Waals surface area contributed by atoms with E-state index >= 15 is 0 Å². The van der Waals surface area contributed by atoms with Crippen molar-refractivity contribution in [1.29, 1.82) is 5.26 Å². The number of hydrogen-bond acceptors (Lipinski definition) is 5. The fraction of sp³-hybridized carbons (Fsp3) is 0.333. The summed E-state index contributed by atoms with van der Waals surface area (Å²) in [7, 11) is 0. The number of nitrogens with zero attached hydrogens (tertiary/aromatic N) is 3. The van der Waals surface area contributed by atoms with Crippen molar-refractivity contribution < 1.29 is 14.7 Å². The first-order chi connectivity index (χ1) is 12.5. The quantitative estimate of drug-likeness (QED) is 0.860. The van der Waals surface area contributed by atoms with Crippen LogP contribution in [0.25, 0.3) is 0 Å². The summed E-state index contributed by atoms with van der Waals surface area (Å²) in [4.78, 5) is 30.2. The Labute approximate surface area is 154 Å². The number of anilines is 1. The first-order valence-corrected chi connectivity index (χ1v) is 9.09. The minimum atomic E-state index is -0.860. The number of carboxylic acids is 1. The lowest BCUT2D eigenvalue weighted by Gasteiger charge is -2.30. The molecule has 0 bridgehead atoms. The molecule has 2 amide bonds. The molecular weight excluding hydrogens is 352 g/mol. The van der Waals surface area contributed by atoms with Gasteiger partial charge < -0.3 is 10.0 Å². The van der Waals surface area contributed by atoms with Crippen LogP contribution in [0.3, 0.4) is 0 Å². The van der Waals surface area contributed by atoms with Gasteiger partial charge in [-0.2, -0.15) is 5.26 Å². The zero-order chi connectivity index (χ0) is 18.5. The van der Waals surface area contributed by atoms with Gasteiger partial charge in [0.1, 0.15) is 0 Å². The van der Waals surface area contributed by atoms with Crippen LogP contribution >= 0.6 is 11.3 Å². The summed E-state index contributed by atoms with van der Waals surface area (Å²) in [6.07, 6.45) is 3.68. The van der Waals surface area contributed by atoms with E-state index in [4.69, 9.17) is 10.4 Å². The predicted molar refractivity (Wildman–Crippen MR) is 97.0 cm³/mol. The number of urea groups is 1. The van der Waals surface area contributed by atoms with Gasteiger partial charge in [0, 0.05) is 30.6 Å². The standard InChI is InChI=1S/C18H18N4O3S/c19-9-13-5-3-12(4-6-13)8-15-10-20-17(26-15)21-18(25)22-7-1-2-14(11-22)16(23)24/h3-6,10,14H,1-2,7-8,11H2,(H,23,24)(H,20,21,25). The number of aromatic nitrogens is 1. The van der Waals surface area contributed by atoms with Crippen LogP contribution in [-0.4, -0.2) is 40.1 Å². The van der Waals surface area contributed by atoms with E-state index < -0.39 is 11.9 Å². The Morgan fingerprint density at radius 3 is 2.85 bits per heavy atom. The molecule has 1 aliphatic heterocycles. The molecule has 1 saturated heterocycles. The third-order valence-corrected chi connectivity index (χ3v) is 5.20. The van der Waals surface area contributed by atoms with Crippen molar-refractivity contribution in [1.82, 2.24) is 9.88 Å². The van der Waals surface area contributed by atoms with E-state index in [0.717, 1.165) is 10.4 Å². The summed E-state index contributed by atoms with van der Waals surface area (Å²) < 4.78 is 0. The second-order valence-corrected chi connectivity index (χ2v) is 7.29. The van der Waals surface area contributed by atoms with Crippen LogP contribution in [0.5, 0.6) is 0 Å². The second-order valence-electron chi connectivity index (χ2n) is 6.17. The number of rotatable bonds is 4. The van der Waals surface area contributed by atoms with Gasteiger partial charge in [-0.25, -0.2) is 9.78 Å². The smallest absolute Gasteiger partial charge is 0.323 e. The van der Waals surface area contributed by atoms with E-state index in [9.17, 15) is 9.59 Å². The Hall–Kier alpha value is -2.92. The van der Waals surface area contributed by atoms with Gasteiger partial charge in [-0.15, -0.1) is 11.3 Å². The van der Waals surface area contributed by atoms with Crippen LogP contribution in [0.1, 0.15) is 28.8 Å². The number of piperidine rings is 1. The van der Waals surface area contributed by atoms with E-state index in [1.807, 2.05) is 12.1 Å². The summed E-state index contributed by atoms with van der Waals surface area (Å²) in [5.74, 6) is -1.36. The zero-order valence-corrected chi connectivity index (χ0v) is 14.8. The van der Waals surface area contributed by atoms with Gasteiger partial charge in [0.25, 0.3) is 0 Å². The van der Waals surface area contributed by atoms with Crippen LogP contribution in [0.4, 0.5) is 9.93 Å². The van der Waals surface area contributed by atoms with Gasteiger partial charge >= 0.3 is 12.0 Å². The normalized spacial score (nSPS) is 16.7. The molecule has 1 fully saturated rings. The Kier molecular flexibility index (Phi) is 5.49. The number of carboxylic acid groups (broad SMARTS) is 1. The monoisotopic (exact) mass is 370 g/mol. The molecule has 0 aliphatic carbocycles. The molecule has 8 heteroatoms. The summed E-state index contributed by atoms with van der Waals surface area (Å²) in [6.45, 7) is 0.781. The molecule has 0 spiro atoms. The number of amides is 2. The minimum Gasteiger partial charge on any atom is -0.481 e. The lowest BCUT2D eigenvalue weighted by molar-refractivity contribution is -0.143. The molecule has 1 atom stereocenters. The maximum Gasteiger partial charge on any atom is 0.323 e. The highest BCUT2D eigenvalue weighted by atomic mass is 32.1. The average molecular weight is 370 g/mol. The van der Waals surface area contributed by atoms with Crippen molar-refractivity contribution in [2.24, 2.45) is 5.92 Å². The van der Waals surface area contributed by atoms with Gasteiger partial charge in [-0.05, 0) is 30.5 Å². The predicted octanol–water partition coefficient (Wildman–Crippen LogP) is 2.93. The zero-order valence-electron chi connectivity index (χ0n) is 14.0. The van der Waals surface area contributed by atoms with E-state index in [2.05, 4.69) is 16.4 Å². The molecule has 0 saturated carbocycles. The first kappa shape index (κ1) is 17.9. The Bertz CT molecular complexity index is 841. The Morgan fingerprint density at radius 1 is 1.38 bits per heavy atom. The molecule has 3 rings (SSSR count). The molecule has 2 aromatic rings. The van der Waals surface area contributed by atoms with Gasteiger partial charge in [-0.1, -0.05) is 12.1 Å². The van der Waals surface area contributed by atoms with Crippen molar-refractivity contribution in [2.75, 3.05) is 18.4 Å². The highest BCUT2D eigenvalue weighted by Crippen LogP contribution is 2.23. The third-order valence-electron chi connectivity index (χ3n) is 4.29. The van der Waals surface area contributed by atoms with Crippen LogP contribution in [-0.2, 0) is 11.2 Å². The van der Waals surface area contributed by atoms with Gasteiger partial charge in [0.15, 0.2) is 5.13 Å². The van der Waals surface area contributed by atoms with Crippen LogP contribution in [0.15, 0.2) is 30.5 Å². The Balaban J connectivity index is 1.58. The molecule has 2 N–H and O–H groups in total. The molecule has 1 unspecified atom stereocenters. The second kappa shape index (κ2) is 7.97. The number of nitriles is 1. The lowest BCUT2D eigenvalue weighted by atomic mass is 9.99. The molecule has 26 heavy (non-hydrogen) atoms. The maximum atomic E-state index is 12.3. The molecule has 7 nitrogen and oxygen atoms in total. The lowest BCUT2D eigenvalue weighted by Crippen LogP contribution is -2.44. The summed E-state index contributed by atoms with van der Waals surface area (Å²) in [5, 5.41) is 21.2. The van der Waals surface area contributed by atoms with Crippen molar-refractivity contribution in [3.05, 3.63) is 46.5 Å². The number of carbonyl (C=O) groups excluding carboxylic acids is 1. The third kappa shape index (κ3) is 4.37. The number of aliphatic carboxylic acids is 1. The number of nitrogens with one attached hydrogen (secondary N) is 1. The van der Waals surface area contributed by atoms with Gasteiger partial charge in [0.05, 0.1) is 17.6 Å². The molecule has 1 aromatic carbocycles. The number of likely N-dealkylation sites (tertiary alicyclic amines) is 1. The van der Waals surface area contributed by atoms with E-state index in [0.29, 0.717) is 36.5 Å². The molecule has 1 aliphatic rings. The van der Waals surface area contributed by atoms with Crippen molar-refractivity contribution in [3.8, 4) is 6.07 Å². The topological polar surface area (TPSA) is 106 Å². The number of hydrogen-bond donors (Lipinski definition) is 2. The highest BCUT2D eigenvalue weighted by molar-refractivity contribution is 7.15. The van der Waals surface area contributed by atoms with E-state index in [1.165, 1.54) is 16.2 Å². The molecule has 1 aromatic heterocycles. The number of thiazole rings is 1. The van der Waals surface area contributed by atoms with Crippen molar-refractivity contribution in [2.45, 2.75) is 19.3 Å². The fourth-order valence-corrected chi connectivity index (χ4v) is 3.72. The van der Waals surface area contributed by atoms with E-state index in [1.54, 1.807) is 18.3 Å². The van der Waals surface area contributed by atoms with Crippen LogP contribution in [0.2, 0.25) is 0 Å². The van der Waals surface area contributed by atoms with Gasteiger partial charge in [0.2, 0.25) is 0 Å². The van der Waals surface area contributed by atoms with Crippen molar-refractivity contribution in [3.63, 3.8) is 0 Å². The summed E-state index contributed by atoms with van der Waals surface area (Å²) in [5.41, 5.74) is 1.68.